The fraction of sp³-hybridized carbons (Fsp3) is 0.333. The zero-order valence-electron chi connectivity index (χ0n) is 17.9. The lowest BCUT2D eigenvalue weighted by Gasteiger charge is -2.16. The quantitative estimate of drug-likeness (QED) is 0.527. The molecule has 0 saturated carbocycles. The second-order valence-electron chi connectivity index (χ2n) is 7.62. The molecule has 11 heteroatoms. The Labute approximate surface area is 191 Å². The van der Waals surface area contributed by atoms with Crippen LogP contribution in [0.25, 0.3) is 5.69 Å². The molecular formula is C21H24N6O3S2. The highest BCUT2D eigenvalue weighted by atomic mass is 32.2. The molecule has 9 nitrogen and oxygen atoms in total. The molecule has 0 radical (unpaired) electrons. The van der Waals surface area contributed by atoms with Gasteiger partial charge in [0, 0.05) is 18.8 Å². The van der Waals surface area contributed by atoms with E-state index in [-0.39, 0.29) is 16.6 Å². The van der Waals surface area contributed by atoms with Gasteiger partial charge in [-0.1, -0.05) is 23.9 Å². The van der Waals surface area contributed by atoms with E-state index in [0.29, 0.717) is 23.9 Å². The number of tetrazole rings is 1. The van der Waals surface area contributed by atoms with Crippen LogP contribution in [0, 0.1) is 13.8 Å². The minimum absolute atomic E-state index is 0.0777. The third-order valence-corrected chi connectivity index (χ3v) is 8.14. The Hall–Kier alpha value is -2.76. The minimum Gasteiger partial charge on any atom is -0.325 e. The van der Waals surface area contributed by atoms with Crippen LogP contribution in [-0.2, 0) is 14.8 Å². The van der Waals surface area contributed by atoms with Gasteiger partial charge >= 0.3 is 0 Å². The number of rotatable bonds is 7. The van der Waals surface area contributed by atoms with Crippen molar-refractivity contribution in [1.29, 1.82) is 0 Å². The largest absolute Gasteiger partial charge is 0.325 e. The lowest BCUT2D eigenvalue weighted by atomic mass is 10.1. The first kappa shape index (κ1) is 22.4. The van der Waals surface area contributed by atoms with Crippen molar-refractivity contribution in [3.8, 4) is 5.69 Å². The van der Waals surface area contributed by atoms with Gasteiger partial charge in [0.2, 0.25) is 21.1 Å². The molecule has 0 atom stereocenters. The van der Waals surface area contributed by atoms with Crippen LogP contribution in [0.4, 0.5) is 5.69 Å². The summed E-state index contributed by atoms with van der Waals surface area (Å²) in [6.45, 7) is 5.11. The summed E-state index contributed by atoms with van der Waals surface area (Å²) in [5.41, 5.74) is 3.55. The van der Waals surface area contributed by atoms with E-state index in [1.54, 1.807) is 22.9 Å². The van der Waals surface area contributed by atoms with Crippen molar-refractivity contribution in [2.24, 2.45) is 0 Å². The van der Waals surface area contributed by atoms with Crippen molar-refractivity contribution in [2.45, 2.75) is 36.7 Å². The number of aromatic nitrogens is 4. The highest BCUT2D eigenvalue weighted by Crippen LogP contribution is 2.24. The van der Waals surface area contributed by atoms with Gasteiger partial charge in [-0.05, 0) is 78.6 Å². The summed E-state index contributed by atoms with van der Waals surface area (Å²) in [4.78, 5) is 12.7. The summed E-state index contributed by atoms with van der Waals surface area (Å²) in [6, 6.07) is 12.3. The number of hydrogen-bond acceptors (Lipinski definition) is 7. The number of hydrogen-bond donors (Lipinski definition) is 1. The van der Waals surface area contributed by atoms with Gasteiger partial charge in [-0.3, -0.25) is 4.79 Å². The number of anilines is 1. The molecule has 1 amide bonds. The predicted octanol–water partition coefficient (Wildman–Crippen LogP) is 2.79. The summed E-state index contributed by atoms with van der Waals surface area (Å²) in [5, 5.41) is 15.0. The maximum absolute atomic E-state index is 12.8. The number of nitrogens with one attached hydrogen (secondary N) is 1. The van der Waals surface area contributed by atoms with Crippen molar-refractivity contribution >= 4 is 33.4 Å². The van der Waals surface area contributed by atoms with Crippen LogP contribution < -0.4 is 5.32 Å². The highest BCUT2D eigenvalue weighted by Gasteiger charge is 2.27. The Morgan fingerprint density at radius 2 is 1.88 bits per heavy atom. The number of benzene rings is 2. The molecule has 4 rings (SSSR count). The van der Waals surface area contributed by atoms with Crippen molar-refractivity contribution < 1.29 is 13.2 Å². The second-order valence-corrected chi connectivity index (χ2v) is 10.5. The van der Waals surface area contributed by atoms with Crippen LogP contribution in [-0.4, -0.2) is 57.7 Å². The van der Waals surface area contributed by atoms with Gasteiger partial charge in [-0.2, -0.15) is 8.99 Å². The van der Waals surface area contributed by atoms with Crippen LogP contribution in [0.2, 0.25) is 0 Å². The standard InChI is InChI=1S/C21H24N6O3S2/c1-15-8-9-18(12-16(15)2)27-21(23-24-25-27)31-14-20(28)22-17-6-5-7-19(13-17)32(29,30)26-10-3-4-11-26/h5-9,12-13H,3-4,10-11,14H2,1-2H3,(H,22,28). The molecule has 0 aliphatic carbocycles. The number of thioether (sulfide) groups is 1. The molecule has 0 spiro atoms. The molecule has 1 aromatic heterocycles. The van der Waals surface area contributed by atoms with E-state index in [4.69, 9.17) is 0 Å². The third kappa shape index (κ3) is 4.84. The molecule has 1 aliphatic heterocycles. The summed E-state index contributed by atoms with van der Waals surface area (Å²) in [5.74, 6) is -0.200. The molecule has 1 aliphatic rings. The molecule has 1 N–H and O–H groups in total. The Bertz CT molecular complexity index is 1240. The van der Waals surface area contributed by atoms with E-state index in [0.717, 1.165) is 24.1 Å². The van der Waals surface area contributed by atoms with E-state index in [2.05, 4.69) is 20.8 Å². The van der Waals surface area contributed by atoms with Crippen LogP contribution in [0.15, 0.2) is 52.5 Å². The Morgan fingerprint density at radius 3 is 2.62 bits per heavy atom. The third-order valence-electron chi connectivity index (χ3n) is 5.33. The summed E-state index contributed by atoms with van der Waals surface area (Å²) < 4.78 is 28.6. The molecule has 3 aromatic rings. The number of sulfonamides is 1. The van der Waals surface area contributed by atoms with E-state index < -0.39 is 10.0 Å². The number of carbonyl (C=O) groups excluding carboxylic acids is 1. The Morgan fingerprint density at radius 1 is 1.09 bits per heavy atom. The Kier molecular flexibility index (Phi) is 6.58. The normalized spacial score (nSPS) is 14.6. The molecule has 1 saturated heterocycles. The van der Waals surface area contributed by atoms with Crippen LogP contribution >= 0.6 is 11.8 Å². The summed E-state index contributed by atoms with van der Waals surface area (Å²) in [7, 11) is -3.54. The van der Waals surface area contributed by atoms with Gasteiger partial charge in [-0.15, -0.1) is 5.10 Å². The van der Waals surface area contributed by atoms with Gasteiger partial charge in [0.1, 0.15) is 0 Å². The van der Waals surface area contributed by atoms with E-state index >= 15 is 0 Å². The van der Waals surface area contributed by atoms with E-state index in [1.165, 1.54) is 27.7 Å². The average Bonchev–Trinajstić information content (AvgIpc) is 3.47. The summed E-state index contributed by atoms with van der Waals surface area (Å²) >= 11 is 1.20. The topological polar surface area (TPSA) is 110 Å². The molecular weight excluding hydrogens is 448 g/mol. The van der Waals surface area contributed by atoms with Gasteiger partial charge in [0.15, 0.2) is 0 Å². The van der Waals surface area contributed by atoms with Crippen LogP contribution in [0.1, 0.15) is 24.0 Å². The van der Waals surface area contributed by atoms with Crippen LogP contribution in [0.3, 0.4) is 0 Å². The van der Waals surface area contributed by atoms with E-state index in [9.17, 15) is 13.2 Å². The summed E-state index contributed by atoms with van der Waals surface area (Å²) in [6.07, 6.45) is 1.74. The molecule has 32 heavy (non-hydrogen) atoms. The molecule has 2 aromatic carbocycles. The van der Waals surface area contributed by atoms with Gasteiger partial charge in [0.05, 0.1) is 16.3 Å². The van der Waals surface area contributed by atoms with E-state index in [1.807, 2.05) is 32.0 Å². The fourth-order valence-electron chi connectivity index (χ4n) is 3.43. The first-order valence-corrected chi connectivity index (χ1v) is 12.7. The average molecular weight is 473 g/mol. The van der Waals surface area contributed by atoms with Gasteiger partial charge in [-0.25, -0.2) is 8.42 Å². The highest BCUT2D eigenvalue weighted by molar-refractivity contribution is 7.99. The van der Waals surface area contributed by atoms with Crippen molar-refractivity contribution in [3.63, 3.8) is 0 Å². The minimum atomic E-state index is -3.54. The second kappa shape index (κ2) is 9.39. The molecule has 0 unspecified atom stereocenters. The first-order chi connectivity index (χ1) is 15.3. The smallest absolute Gasteiger partial charge is 0.243 e. The number of amides is 1. The SMILES string of the molecule is Cc1ccc(-n2nnnc2SCC(=O)Nc2cccc(S(=O)(=O)N3CCCC3)c2)cc1C. The van der Waals surface area contributed by atoms with Crippen molar-refractivity contribution in [3.05, 3.63) is 53.6 Å². The number of nitrogens with zero attached hydrogens (tertiary/aromatic N) is 5. The van der Waals surface area contributed by atoms with Crippen molar-refractivity contribution in [1.82, 2.24) is 24.5 Å². The molecule has 168 valence electrons. The number of carbonyl (C=O) groups is 1. The fourth-order valence-corrected chi connectivity index (χ4v) is 5.68. The zero-order chi connectivity index (χ0) is 22.7. The van der Waals surface area contributed by atoms with Crippen molar-refractivity contribution in [2.75, 3.05) is 24.2 Å². The monoisotopic (exact) mass is 472 g/mol. The maximum Gasteiger partial charge on any atom is 0.243 e. The lowest BCUT2D eigenvalue weighted by Crippen LogP contribution is -2.28. The number of aryl methyl sites for hydroxylation is 2. The molecule has 2 heterocycles. The predicted molar refractivity (Wildman–Crippen MR) is 122 cm³/mol. The maximum atomic E-state index is 12.8. The van der Waals surface area contributed by atoms with Gasteiger partial charge in [0.25, 0.3) is 0 Å². The van der Waals surface area contributed by atoms with Crippen LogP contribution in [0.5, 0.6) is 0 Å². The molecule has 1 fully saturated rings. The van der Waals surface area contributed by atoms with Gasteiger partial charge < -0.3 is 5.32 Å². The lowest BCUT2D eigenvalue weighted by molar-refractivity contribution is -0.113. The zero-order valence-corrected chi connectivity index (χ0v) is 19.5. The first-order valence-electron chi connectivity index (χ1n) is 10.2. The molecule has 0 bridgehead atoms. The Balaban J connectivity index is 1.41.